The fourth-order valence-corrected chi connectivity index (χ4v) is 0.314. The first-order chi connectivity index (χ1) is 3.91. The molecule has 4 radical (unpaired) electrons. The fourth-order valence-electron chi connectivity index (χ4n) is 0.314. The molecule has 0 nitrogen and oxygen atoms in total. The Morgan fingerprint density at radius 2 is 1.25 bits per heavy atom. The topological polar surface area (TPSA) is 0 Å². The average Bonchev–Trinajstić information content (AvgIpc) is 1.81. The van der Waals surface area contributed by atoms with Crippen LogP contribution in [0.15, 0.2) is 24.3 Å². The zero-order chi connectivity index (χ0) is 6.24. The standard InChI is InChI=1S/C6H8B2/c7-5-3-1-2-4-6-8/h1-4H,5-6H2/b3-1+,4-2+. The molecule has 0 amide bonds. The molecule has 0 aromatic rings. The van der Waals surface area contributed by atoms with E-state index in [1.54, 1.807) is 0 Å². The lowest BCUT2D eigenvalue weighted by molar-refractivity contribution is 1.66. The summed E-state index contributed by atoms with van der Waals surface area (Å²) in [4.78, 5) is 0. The molecule has 2 heteroatoms. The van der Waals surface area contributed by atoms with Crippen LogP contribution in [0.4, 0.5) is 0 Å². The zero-order valence-electron chi connectivity index (χ0n) is 4.88. The summed E-state index contributed by atoms with van der Waals surface area (Å²) >= 11 is 0. The molecule has 0 N–H and O–H groups in total. The Morgan fingerprint density at radius 3 is 1.50 bits per heavy atom. The number of allylic oxidation sites excluding steroid dienone is 4. The highest BCUT2D eigenvalue weighted by Crippen LogP contribution is 1.81. The SMILES string of the molecule is [B]C/C=C/C=C/C[B]. The predicted octanol–water partition coefficient (Wildman–Crippen LogP) is 1.27. The van der Waals surface area contributed by atoms with E-state index in [0.29, 0.717) is 12.6 Å². The Hall–Kier alpha value is -0.390. The second-order valence-electron chi connectivity index (χ2n) is 1.33. The van der Waals surface area contributed by atoms with E-state index in [2.05, 4.69) is 0 Å². The van der Waals surface area contributed by atoms with Crippen LogP contribution in [0.2, 0.25) is 12.6 Å². The van der Waals surface area contributed by atoms with Gasteiger partial charge in [-0.2, -0.15) is 0 Å². The van der Waals surface area contributed by atoms with Gasteiger partial charge in [0.05, 0.1) is 15.7 Å². The van der Waals surface area contributed by atoms with Gasteiger partial charge in [-0.1, -0.05) is 36.9 Å². The molecule has 8 heavy (non-hydrogen) atoms. The molecule has 0 bridgehead atoms. The maximum absolute atomic E-state index is 5.16. The van der Waals surface area contributed by atoms with Gasteiger partial charge in [0.2, 0.25) is 0 Å². The van der Waals surface area contributed by atoms with Crippen LogP contribution in [0.5, 0.6) is 0 Å². The Balaban J connectivity index is 3.13. The van der Waals surface area contributed by atoms with Crippen LogP contribution >= 0.6 is 0 Å². The maximum atomic E-state index is 5.16. The van der Waals surface area contributed by atoms with Crippen molar-refractivity contribution in [3.8, 4) is 0 Å². The van der Waals surface area contributed by atoms with Crippen molar-refractivity contribution in [2.24, 2.45) is 0 Å². The van der Waals surface area contributed by atoms with Crippen molar-refractivity contribution in [1.29, 1.82) is 0 Å². The van der Waals surface area contributed by atoms with E-state index in [0.717, 1.165) is 0 Å². The van der Waals surface area contributed by atoms with Gasteiger partial charge in [-0.25, -0.2) is 0 Å². The summed E-state index contributed by atoms with van der Waals surface area (Å²) in [5, 5.41) is 0. The maximum Gasteiger partial charge on any atom is 0.0708 e. The van der Waals surface area contributed by atoms with Gasteiger partial charge in [0.15, 0.2) is 0 Å². The third-order valence-corrected chi connectivity index (χ3v) is 0.655. The van der Waals surface area contributed by atoms with Gasteiger partial charge in [0.25, 0.3) is 0 Å². The molecular weight excluding hydrogens is 93.7 g/mol. The van der Waals surface area contributed by atoms with Gasteiger partial charge in [0, 0.05) is 0 Å². The lowest BCUT2D eigenvalue weighted by atomic mass is 10.0. The smallest absolute Gasteiger partial charge is 0.0708 e. The van der Waals surface area contributed by atoms with Gasteiger partial charge >= 0.3 is 0 Å². The van der Waals surface area contributed by atoms with Crippen LogP contribution in [-0.4, -0.2) is 15.7 Å². The molecular formula is C6H8B2. The monoisotopic (exact) mass is 102 g/mol. The summed E-state index contributed by atoms with van der Waals surface area (Å²) in [5.41, 5.74) is 0. The third kappa shape index (κ3) is 5.61. The molecule has 0 aliphatic heterocycles. The Morgan fingerprint density at radius 1 is 0.875 bits per heavy atom. The average molecular weight is 102 g/mol. The molecule has 38 valence electrons. The summed E-state index contributed by atoms with van der Waals surface area (Å²) < 4.78 is 0. The zero-order valence-corrected chi connectivity index (χ0v) is 4.88. The van der Waals surface area contributed by atoms with Crippen LogP contribution in [0.3, 0.4) is 0 Å². The van der Waals surface area contributed by atoms with E-state index >= 15 is 0 Å². The number of hydrogen-bond acceptors (Lipinski definition) is 0. The van der Waals surface area contributed by atoms with Crippen molar-refractivity contribution in [1.82, 2.24) is 0 Å². The van der Waals surface area contributed by atoms with Crippen molar-refractivity contribution >= 4 is 15.7 Å². The van der Waals surface area contributed by atoms with Gasteiger partial charge < -0.3 is 0 Å². The van der Waals surface area contributed by atoms with Gasteiger partial charge in [0.1, 0.15) is 0 Å². The summed E-state index contributed by atoms with van der Waals surface area (Å²) in [6, 6.07) is 0. The van der Waals surface area contributed by atoms with Crippen molar-refractivity contribution in [3.63, 3.8) is 0 Å². The summed E-state index contributed by atoms with van der Waals surface area (Å²) in [6.07, 6.45) is 8.68. The van der Waals surface area contributed by atoms with Crippen LogP contribution in [-0.2, 0) is 0 Å². The van der Waals surface area contributed by atoms with Crippen LogP contribution < -0.4 is 0 Å². The summed E-state index contributed by atoms with van der Waals surface area (Å²) in [6.45, 7) is 0. The molecule has 0 saturated carbocycles. The first kappa shape index (κ1) is 7.61. The second kappa shape index (κ2) is 6.61. The lowest BCUT2D eigenvalue weighted by Crippen LogP contribution is -1.58. The fraction of sp³-hybridized carbons (Fsp3) is 0.333. The van der Waals surface area contributed by atoms with E-state index < -0.39 is 0 Å². The molecule has 0 aromatic carbocycles. The quantitative estimate of drug-likeness (QED) is 0.371. The molecule has 0 unspecified atom stereocenters. The van der Waals surface area contributed by atoms with Gasteiger partial charge in [-0.15, -0.1) is 0 Å². The van der Waals surface area contributed by atoms with Crippen LogP contribution in [0.1, 0.15) is 0 Å². The van der Waals surface area contributed by atoms with E-state index in [9.17, 15) is 0 Å². The van der Waals surface area contributed by atoms with Crippen LogP contribution in [0, 0.1) is 0 Å². The minimum Gasteiger partial charge on any atom is -0.0931 e. The second-order valence-corrected chi connectivity index (χ2v) is 1.33. The third-order valence-electron chi connectivity index (χ3n) is 0.655. The molecule has 0 aromatic heterocycles. The Bertz CT molecular complexity index is 72.5. The number of hydrogen-bond donors (Lipinski definition) is 0. The highest BCUT2D eigenvalue weighted by atomic mass is 13.6. The Labute approximate surface area is 53.5 Å². The largest absolute Gasteiger partial charge is 0.0931 e. The minimum atomic E-state index is 0.592. The van der Waals surface area contributed by atoms with E-state index in [-0.39, 0.29) is 0 Å². The summed E-state index contributed by atoms with van der Waals surface area (Å²) in [7, 11) is 10.3. The van der Waals surface area contributed by atoms with E-state index in [1.165, 1.54) is 0 Å². The number of rotatable bonds is 3. The summed E-state index contributed by atoms with van der Waals surface area (Å²) in [5.74, 6) is 0. The normalized spacial score (nSPS) is 11.5. The molecule has 0 heterocycles. The molecule has 0 spiro atoms. The van der Waals surface area contributed by atoms with Gasteiger partial charge in [-0.3, -0.25) is 0 Å². The van der Waals surface area contributed by atoms with Crippen molar-refractivity contribution in [2.75, 3.05) is 0 Å². The lowest BCUT2D eigenvalue weighted by Gasteiger charge is -1.74. The van der Waals surface area contributed by atoms with Crippen molar-refractivity contribution in [3.05, 3.63) is 24.3 Å². The van der Waals surface area contributed by atoms with Crippen molar-refractivity contribution in [2.45, 2.75) is 12.6 Å². The minimum absolute atomic E-state index is 0.592. The highest BCUT2D eigenvalue weighted by molar-refractivity contribution is 6.09. The highest BCUT2D eigenvalue weighted by Gasteiger charge is 1.62. The first-order valence-corrected chi connectivity index (χ1v) is 2.63. The van der Waals surface area contributed by atoms with Crippen LogP contribution in [0.25, 0.3) is 0 Å². The first-order valence-electron chi connectivity index (χ1n) is 2.63. The van der Waals surface area contributed by atoms with Gasteiger partial charge in [-0.05, 0) is 0 Å². The van der Waals surface area contributed by atoms with E-state index in [4.69, 9.17) is 15.7 Å². The van der Waals surface area contributed by atoms with E-state index in [1.807, 2.05) is 24.3 Å². The molecule has 0 fully saturated rings. The molecule has 0 saturated heterocycles. The molecule has 0 aliphatic carbocycles. The molecule has 0 atom stereocenters. The molecule has 0 rings (SSSR count). The predicted molar refractivity (Wildman–Crippen MR) is 39.4 cm³/mol. The Kier molecular flexibility index (Phi) is 6.29. The molecule has 0 aliphatic rings. The van der Waals surface area contributed by atoms with Crippen molar-refractivity contribution < 1.29 is 0 Å².